The molecule has 0 bridgehead atoms. The number of carboxylic acids is 2. The highest BCUT2D eigenvalue weighted by Gasteiger charge is 2.31. The number of aliphatic carboxylic acids is 1. The monoisotopic (exact) mass is 272 g/mol. The first-order valence-corrected chi connectivity index (χ1v) is 6.53. The summed E-state index contributed by atoms with van der Waals surface area (Å²) in [4.78, 5) is 21.3. The Morgan fingerprint density at radius 2 is 1.78 bits per heavy atom. The molecular weight excluding hydrogens is 260 g/mol. The highest BCUT2D eigenvalue weighted by atomic mass is 32.2. The number of carboxylic acid groups (broad SMARTS) is 2. The second-order valence-corrected chi connectivity index (χ2v) is 6.05. The highest BCUT2D eigenvalue weighted by Crippen LogP contribution is 2.22. The molecule has 98 valence electrons. The molecule has 0 aliphatic heterocycles. The van der Waals surface area contributed by atoms with Gasteiger partial charge in [0.1, 0.15) is 0 Å². The average molecular weight is 272 g/mol. The summed E-state index contributed by atoms with van der Waals surface area (Å²) in [6, 6.07) is 3.58. The van der Waals surface area contributed by atoms with Gasteiger partial charge in [0.25, 0.3) is 0 Å². The normalized spacial score (nSPS) is 13.0. The first-order valence-electron chi connectivity index (χ1n) is 4.98. The minimum Gasteiger partial charge on any atom is -0.480 e. The molecule has 0 heterocycles. The van der Waals surface area contributed by atoms with Crippen LogP contribution in [0.5, 0.6) is 0 Å². The molecule has 1 unspecified atom stereocenters. The Bertz CT molecular complexity index is 602. The maximum Gasteiger partial charge on any atom is 0.335 e. The highest BCUT2D eigenvalue weighted by molar-refractivity contribution is 7.92. The fraction of sp³-hybridized carbons (Fsp3) is 0.273. The van der Waals surface area contributed by atoms with E-state index in [1.807, 2.05) is 0 Å². The van der Waals surface area contributed by atoms with Gasteiger partial charge in [-0.2, -0.15) is 0 Å². The van der Waals surface area contributed by atoms with Gasteiger partial charge in [-0.3, -0.25) is 4.79 Å². The van der Waals surface area contributed by atoms with E-state index in [4.69, 9.17) is 10.2 Å². The summed E-state index contributed by atoms with van der Waals surface area (Å²) in [7, 11) is -4.09. The topological polar surface area (TPSA) is 109 Å². The van der Waals surface area contributed by atoms with Crippen LogP contribution in [0.15, 0.2) is 23.1 Å². The van der Waals surface area contributed by atoms with Gasteiger partial charge in [-0.15, -0.1) is 0 Å². The van der Waals surface area contributed by atoms with Crippen LogP contribution in [-0.4, -0.2) is 35.8 Å². The number of hydrogen-bond donors (Lipinski definition) is 2. The van der Waals surface area contributed by atoms with Crippen LogP contribution in [0.25, 0.3) is 0 Å². The summed E-state index contributed by atoms with van der Waals surface area (Å²) in [5.41, 5.74) is 0.116. The summed E-state index contributed by atoms with van der Waals surface area (Å²) in [6.07, 6.45) is 0. The molecule has 0 fully saturated rings. The van der Waals surface area contributed by atoms with Crippen molar-refractivity contribution in [3.63, 3.8) is 0 Å². The fourth-order valence-corrected chi connectivity index (χ4v) is 2.82. The lowest BCUT2D eigenvalue weighted by Gasteiger charge is -2.11. The molecule has 0 saturated carbocycles. The summed E-state index contributed by atoms with van der Waals surface area (Å²) < 4.78 is 24.0. The molecule has 1 aromatic rings. The number of aryl methyl sites for hydroxylation is 1. The third-order valence-electron chi connectivity index (χ3n) is 2.55. The van der Waals surface area contributed by atoms with Crippen molar-refractivity contribution in [2.24, 2.45) is 0 Å². The lowest BCUT2D eigenvalue weighted by Crippen LogP contribution is -2.27. The van der Waals surface area contributed by atoms with Crippen LogP contribution < -0.4 is 0 Å². The van der Waals surface area contributed by atoms with E-state index < -0.39 is 27.0 Å². The van der Waals surface area contributed by atoms with Crippen molar-refractivity contribution < 1.29 is 28.2 Å². The first kappa shape index (κ1) is 14.2. The van der Waals surface area contributed by atoms with E-state index in [1.54, 1.807) is 0 Å². The minimum atomic E-state index is -4.09. The molecule has 0 amide bonds. The van der Waals surface area contributed by atoms with Crippen LogP contribution in [0.1, 0.15) is 22.8 Å². The van der Waals surface area contributed by atoms with Crippen molar-refractivity contribution in [2.75, 3.05) is 0 Å². The molecule has 6 nitrogen and oxygen atoms in total. The van der Waals surface area contributed by atoms with E-state index in [-0.39, 0.29) is 10.5 Å². The molecule has 0 radical (unpaired) electrons. The van der Waals surface area contributed by atoms with Gasteiger partial charge >= 0.3 is 11.9 Å². The van der Waals surface area contributed by atoms with Crippen molar-refractivity contribution in [3.05, 3.63) is 29.3 Å². The van der Waals surface area contributed by atoms with E-state index >= 15 is 0 Å². The molecule has 1 atom stereocenters. The average Bonchev–Trinajstić information content (AvgIpc) is 2.27. The quantitative estimate of drug-likeness (QED) is 0.844. The number of benzene rings is 1. The molecule has 2 N–H and O–H groups in total. The standard InChI is InChI=1S/C11H12O6S/c1-6-3-4-8(11(14)15)5-9(6)18(16,17)7(2)10(12)13/h3-5,7H,1-2H3,(H,12,13)(H,14,15). The van der Waals surface area contributed by atoms with Crippen LogP contribution in [0, 0.1) is 6.92 Å². The predicted molar refractivity (Wildman–Crippen MR) is 62.4 cm³/mol. The van der Waals surface area contributed by atoms with E-state index in [1.165, 1.54) is 19.1 Å². The van der Waals surface area contributed by atoms with Crippen molar-refractivity contribution in [2.45, 2.75) is 24.0 Å². The van der Waals surface area contributed by atoms with Gasteiger partial charge < -0.3 is 10.2 Å². The Hall–Kier alpha value is -1.89. The van der Waals surface area contributed by atoms with Crippen LogP contribution in [0.3, 0.4) is 0 Å². The zero-order valence-electron chi connectivity index (χ0n) is 9.75. The number of hydrogen-bond acceptors (Lipinski definition) is 4. The summed E-state index contributed by atoms with van der Waals surface area (Å²) in [6.45, 7) is 2.53. The lowest BCUT2D eigenvalue weighted by atomic mass is 10.1. The van der Waals surface area contributed by atoms with Gasteiger partial charge in [0.15, 0.2) is 15.1 Å². The van der Waals surface area contributed by atoms with E-state index in [9.17, 15) is 18.0 Å². The first-order chi connectivity index (χ1) is 8.17. The molecule has 0 aliphatic carbocycles. The molecule has 7 heteroatoms. The lowest BCUT2D eigenvalue weighted by molar-refractivity contribution is -0.136. The van der Waals surface area contributed by atoms with Gasteiger partial charge in [-0.1, -0.05) is 6.07 Å². The Balaban J connectivity index is 3.45. The Labute approximate surface area is 104 Å². The van der Waals surface area contributed by atoms with Crippen LogP contribution in [-0.2, 0) is 14.6 Å². The predicted octanol–water partition coefficient (Wildman–Crippen LogP) is 0.940. The Kier molecular flexibility index (Phi) is 3.76. The molecule has 1 aromatic carbocycles. The summed E-state index contributed by atoms with van der Waals surface area (Å²) in [5, 5.41) is 15.9. The van der Waals surface area contributed by atoms with E-state index in [0.29, 0.717) is 5.56 Å². The van der Waals surface area contributed by atoms with Gasteiger partial charge in [-0.05, 0) is 31.5 Å². The molecule has 0 saturated heterocycles. The van der Waals surface area contributed by atoms with Crippen molar-refractivity contribution in [3.8, 4) is 0 Å². The van der Waals surface area contributed by atoms with Gasteiger partial charge in [0.2, 0.25) is 0 Å². The van der Waals surface area contributed by atoms with E-state index in [2.05, 4.69) is 0 Å². The molecule has 1 rings (SSSR count). The number of aromatic carboxylic acids is 1. The molecule has 0 aliphatic rings. The van der Waals surface area contributed by atoms with Crippen LogP contribution in [0.4, 0.5) is 0 Å². The molecule has 0 aromatic heterocycles. The van der Waals surface area contributed by atoms with Crippen LogP contribution in [0.2, 0.25) is 0 Å². The number of sulfone groups is 1. The zero-order chi connectivity index (χ0) is 14.1. The fourth-order valence-electron chi connectivity index (χ4n) is 1.36. The third kappa shape index (κ3) is 2.51. The number of carbonyl (C=O) groups is 2. The molecule has 18 heavy (non-hydrogen) atoms. The summed E-state index contributed by atoms with van der Waals surface area (Å²) in [5.74, 6) is -2.75. The maximum atomic E-state index is 12.0. The van der Waals surface area contributed by atoms with Crippen molar-refractivity contribution in [1.29, 1.82) is 0 Å². The maximum absolute atomic E-state index is 12.0. The molecular formula is C11H12O6S. The van der Waals surface area contributed by atoms with Crippen molar-refractivity contribution >= 4 is 21.8 Å². The van der Waals surface area contributed by atoms with Gasteiger partial charge in [0, 0.05) is 0 Å². The molecule has 0 spiro atoms. The number of rotatable bonds is 4. The Morgan fingerprint density at radius 3 is 2.22 bits per heavy atom. The second-order valence-electron chi connectivity index (χ2n) is 3.81. The SMILES string of the molecule is Cc1ccc(C(=O)O)cc1S(=O)(=O)C(C)C(=O)O. The van der Waals surface area contributed by atoms with Gasteiger partial charge in [-0.25, -0.2) is 13.2 Å². The van der Waals surface area contributed by atoms with Crippen LogP contribution >= 0.6 is 0 Å². The van der Waals surface area contributed by atoms with E-state index in [0.717, 1.165) is 13.0 Å². The second kappa shape index (κ2) is 4.77. The summed E-state index contributed by atoms with van der Waals surface area (Å²) >= 11 is 0. The smallest absolute Gasteiger partial charge is 0.335 e. The van der Waals surface area contributed by atoms with Gasteiger partial charge in [0.05, 0.1) is 10.5 Å². The third-order valence-corrected chi connectivity index (χ3v) is 4.74. The minimum absolute atomic E-state index is 0.197. The zero-order valence-corrected chi connectivity index (χ0v) is 10.6. The van der Waals surface area contributed by atoms with Crippen molar-refractivity contribution in [1.82, 2.24) is 0 Å². The largest absolute Gasteiger partial charge is 0.480 e. The Morgan fingerprint density at radius 1 is 1.22 bits per heavy atom.